The normalized spacial score (nSPS) is 17.6. The molecule has 0 N–H and O–H groups in total. The summed E-state index contributed by atoms with van der Waals surface area (Å²) in [5.74, 6) is 0.668. The molecule has 37 heavy (non-hydrogen) atoms. The smallest absolute Gasteiger partial charge is 0.223 e. The largest absolute Gasteiger partial charge is 0.342 e. The van der Waals surface area contributed by atoms with Crippen molar-refractivity contribution in [2.24, 2.45) is 5.92 Å². The van der Waals surface area contributed by atoms with Crippen LogP contribution >= 0.6 is 0 Å². The highest BCUT2D eigenvalue weighted by molar-refractivity contribution is 7.91. The van der Waals surface area contributed by atoms with E-state index in [0.29, 0.717) is 32.5 Å². The summed E-state index contributed by atoms with van der Waals surface area (Å²) in [4.78, 5) is 28.4. The van der Waals surface area contributed by atoms with E-state index in [2.05, 4.69) is 10.2 Å². The van der Waals surface area contributed by atoms with Crippen LogP contribution in [0.1, 0.15) is 37.6 Å². The summed E-state index contributed by atoms with van der Waals surface area (Å²) in [5, 5.41) is 8.39. The summed E-state index contributed by atoms with van der Waals surface area (Å²) in [6.07, 6.45) is 4.84. The molecule has 1 unspecified atom stereocenters. The van der Waals surface area contributed by atoms with Gasteiger partial charge in [-0.25, -0.2) is 8.42 Å². The number of sulfone groups is 1. The zero-order chi connectivity index (χ0) is 26.0. The average molecular weight is 522 g/mol. The second-order valence-corrected chi connectivity index (χ2v) is 11.9. The molecule has 3 aromatic rings. The molecule has 3 heterocycles. The van der Waals surface area contributed by atoms with Crippen molar-refractivity contribution < 1.29 is 18.0 Å². The molecule has 5 rings (SSSR count). The van der Waals surface area contributed by atoms with E-state index in [1.807, 2.05) is 34.9 Å². The Kier molecular flexibility index (Phi) is 7.10. The van der Waals surface area contributed by atoms with E-state index in [1.165, 1.54) is 6.92 Å². The van der Waals surface area contributed by atoms with Crippen molar-refractivity contribution in [2.75, 3.05) is 30.3 Å². The molecule has 1 aromatic heterocycles. The Bertz CT molecular complexity index is 1400. The van der Waals surface area contributed by atoms with Crippen molar-refractivity contribution in [1.82, 2.24) is 19.7 Å². The fraction of sp³-hybridized carbons (Fsp3) is 0.407. The van der Waals surface area contributed by atoms with Gasteiger partial charge in [-0.1, -0.05) is 18.2 Å². The summed E-state index contributed by atoms with van der Waals surface area (Å²) < 4.78 is 28.0. The number of piperidine rings is 1. The van der Waals surface area contributed by atoms with E-state index in [4.69, 9.17) is 0 Å². The molecule has 2 amide bonds. The van der Waals surface area contributed by atoms with Crippen LogP contribution in [0.2, 0.25) is 0 Å². The Morgan fingerprint density at radius 2 is 1.89 bits per heavy atom. The molecule has 9 nitrogen and oxygen atoms in total. The van der Waals surface area contributed by atoms with Crippen molar-refractivity contribution in [1.29, 1.82) is 0 Å². The number of aromatic nitrogens is 3. The number of hydrogen-bond acceptors (Lipinski definition) is 6. The number of anilines is 1. The Morgan fingerprint density at radius 1 is 1.08 bits per heavy atom. The van der Waals surface area contributed by atoms with Gasteiger partial charge in [-0.15, -0.1) is 10.2 Å². The number of carbonyl (C=O) groups excluding carboxylic acids is 2. The minimum atomic E-state index is -3.62. The monoisotopic (exact) mass is 521 g/mol. The number of hydrogen-bond donors (Lipinski definition) is 0. The second-order valence-electron chi connectivity index (χ2n) is 9.78. The first-order valence-electron chi connectivity index (χ1n) is 12.7. The van der Waals surface area contributed by atoms with Crippen molar-refractivity contribution >= 4 is 27.3 Å². The van der Waals surface area contributed by atoms with Gasteiger partial charge in [-0.2, -0.15) is 0 Å². The summed E-state index contributed by atoms with van der Waals surface area (Å²) in [6, 6.07) is 14.8. The van der Waals surface area contributed by atoms with Crippen LogP contribution in [0.5, 0.6) is 0 Å². The average Bonchev–Trinajstić information content (AvgIpc) is 3.55. The standard InChI is InChI=1S/C27H31N5O4S/c1-20(33)31-14-11-22-17-24(9-10-25(22)31)37(35,36)15-12-27(34)30-13-5-6-21(18-30)16-26-29-28-19-32(26)23-7-3-2-4-8-23/h2-4,7-10,17,19,21H,5-6,11-16,18H2,1H3. The molecule has 1 fully saturated rings. The molecule has 0 saturated carbocycles. The zero-order valence-corrected chi connectivity index (χ0v) is 21.7. The summed E-state index contributed by atoms with van der Waals surface area (Å²) in [6.45, 7) is 3.29. The van der Waals surface area contributed by atoms with Gasteiger partial charge in [0.25, 0.3) is 0 Å². The lowest BCUT2D eigenvalue weighted by Gasteiger charge is -2.32. The first kappa shape index (κ1) is 25.1. The van der Waals surface area contributed by atoms with Crippen LogP contribution in [0.4, 0.5) is 5.69 Å². The lowest BCUT2D eigenvalue weighted by Crippen LogP contribution is -2.41. The number of nitrogens with zero attached hydrogens (tertiary/aromatic N) is 5. The van der Waals surface area contributed by atoms with Crippen molar-refractivity contribution in [3.63, 3.8) is 0 Å². The van der Waals surface area contributed by atoms with Gasteiger partial charge in [0.05, 0.1) is 10.6 Å². The minimum absolute atomic E-state index is 0.0497. The summed E-state index contributed by atoms with van der Waals surface area (Å²) >= 11 is 0. The molecule has 0 bridgehead atoms. The van der Waals surface area contributed by atoms with E-state index in [0.717, 1.165) is 35.6 Å². The predicted molar refractivity (Wildman–Crippen MR) is 139 cm³/mol. The van der Waals surface area contributed by atoms with Gasteiger partial charge in [0.2, 0.25) is 11.8 Å². The summed E-state index contributed by atoms with van der Waals surface area (Å²) in [7, 11) is -3.62. The number of carbonyl (C=O) groups is 2. The Balaban J connectivity index is 1.19. The maximum absolute atomic E-state index is 13.0. The van der Waals surface area contributed by atoms with Gasteiger partial charge in [-0.3, -0.25) is 14.2 Å². The maximum Gasteiger partial charge on any atom is 0.223 e. The van der Waals surface area contributed by atoms with Gasteiger partial charge >= 0.3 is 0 Å². The molecule has 2 aliphatic heterocycles. The van der Waals surface area contributed by atoms with Crippen molar-refractivity contribution in [2.45, 2.75) is 43.9 Å². The number of amides is 2. The van der Waals surface area contributed by atoms with E-state index in [-0.39, 0.29) is 34.8 Å². The van der Waals surface area contributed by atoms with Crippen LogP contribution in [-0.4, -0.2) is 65.3 Å². The van der Waals surface area contributed by atoms with Gasteiger partial charge in [0, 0.05) is 50.8 Å². The van der Waals surface area contributed by atoms with Crippen LogP contribution in [0.15, 0.2) is 59.8 Å². The van der Waals surface area contributed by atoms with Gasteiger partial charge in [-0.05, 0) is 61.1 Å². The number of likely N-dealkylation sites (tertiary alicyclic amines) is 1. The lowest BCUT2D eigenvalue weighted by atomic mass is 9.94. The fourth-order valence-electron chi connectivity index (χ4n) is 5.32. The molecule has 10 heteroatoms. The van der Waals surface area contributed by atoms with Crippen LogP contribution in [0.25, 0.3) is 5.69 Å². The highest BCUT2D eigenvalue weighted by Crippen LogP contribution is 2.31. The molecular formula is C27H31N5O4S. The predicted octanol–water partition coefficient (Wildman–Crippen LogP) is 2.82. The third-order valence-corrected chi connectivity index (χ3v) is 8.98. The molecule has 0 radical (unpaired) electrons. The van der Waals surface area contributed by atoms with Crippen LogP contribution in [0, 0.1) is 5.92 Å². The Morgan fingerprint density at radius 3 is 2.68 bits per heavy atom. The summed E-state index contributed by atoms with van der Waals surface area (Å²) in [5.41, 5.74) is 2.62. The SMILES string of the molecule is CC(=O)N1CCc2cc(S(=O)(=O)CCC(=O)N3CCCC(Cc4nncn4-c4ccccc4)C3)ccc21. The Labute approximate surface area is 217 Å². The van der Waals surface area contributed by atoms with Crippen molar-refractivity contribution in [3.05, 3.63) is 66.2 Å². The minimum Gasteiger partial charge on any atom is -0.342 e. The van der Waals surface area contributed by atoms with Gasteiger partial charge < -0.3 is 9.80 Å². The van der Waals surface area contributed by atoms with Crippen molar-refractivity contribution in [3.8, 4) is 5.69 Å². The second kappa shape index (κ2) is 10.5. The molecule has 0 spiro atoms. The number of para-hydroxylation sites is 1. The first-order chi connectivity index (χ1) is 17.8. The van der Waals surface area contributed by atoms with E-state index >= 15 is 0 Å². The molecule has 0 aliphatic carbocycles. The molecular weight excluding hydrogens is 490 g/mol. The first-order valence-corrected chi connectivity index (χ1v) is 14.3. The third kappa shape index (κ3) is 5.44. The molecule has 1 saturated heterocycles. The third-order valence-electron chi connectivity index (χ3n) is 7.27. The van der Waals surface area contributed by atoms with Gasteiger partial charge in [0.1, 0.15) is 12.2 Å². The van der Waals surface area contributed by atoms with Crippen LogP contribution in [0.3, 0.4) is 0 Å². The zero-order valence-electron chi connectivity index (χ0n) is 20.9. The number of benzene rings is 2. The topological polar surface area (TPSA) is 105 Å². The highest BCUT2D eigenvalue weighted by Gasteiger charge is 2.28. The fourth-order valence-corrected chi connectivity index (χ4v) is 6.59. The maximum atomic E-state index is 13.0. The van der Waals surface area contributed by atoms with Gasteiger partial charge in [0.15, 0.2) is 9.84 Å². The van der Waals surface area contributed by atoms with Crippen LogP contribution < -0.4 is 4.90 Å². The molecule has 194 valence electrons. The lowest BCUT2D eigenvalue weighted by molar-refractivity contribution is -0.132. The van der Waals surface area contributed by atoms with Crippen LogP contribution in [-0.2, 0) is 32.3 Å². The highest BCUT2D eigenvalue weighted by atomic mass is 32.2. The number of rotatable bonds is 7. The molecule has 2 aromatic carbocycles. The van der Waals surface area contributed by atoms with E-state index in [9.17, 15) is 18.0 Å². The Hall–Kier alpha value is -3.53. The van der Waals surface area contributed by atoms with E-state index in [1.54, 1.807) is 34.3 Å². The molecule has 1 atom stereocenters. The van der Waals surface area contributed by atoms with E-state index < -0.39 is 9.84 Å². The number of fused-ring (bicyclic) bond motifs is 1. The quantitative estimate of drug-likeness (QED) is 0.474. The molecule has 2 aliphatic rings.